The first kappa shape index (κ1) is 21.9. The number of anilines is 1. The van der Waals surface area contributed by atoms with E-state index >= 15 is 0 Å². The maximum absolute atomic E-state index is 9.74. The van der Waals surface area contributed by atoms with E-state index in [0.717, 1.165) is 23.4 Å². The first-order valence-electron chi connectivity index (χ1n) is 11.5. The summed E-state index contributed by atoms with van der Waals surface area (Å²) in [6.07, 6.45) is 4.32. The van der Waals surface area contributed by atoms with Gasteiger partial charge in [-0.1, -0.05) is 24.3 Å². The highest BCUT2D eigenvalue weighted by Gasteiger charge is 2.16. The summed E-state index contributed by atoms with van der Waals surface area (Å²) in [6.45, 7) is 6.08. The van der Waals surface area contributed by atoms with Crippen LogP contribution in [0.15, 0.2) is 48.7 Å². The topological polar surface area (TPSA) is 106 Å². The third-order valence-electron chi connectivity index (χ3n) is 6.17. The number of rotatable bonds is 7. The van der Waals surface area contributed by atoms with Crippen LogP contribution in [0.5, 0.6) is 6.01 Å². The maximum Gasteiger partial charge on any atom is 0.320 e. The fourth-order valence-corrected chi connectivity index (χ4v) is 4.42. The Hall–Kier alpha value is -3.96. The van der Waals surface area contributed by atoms with E-state index in [1.807, 2.05) is 23.6 Å². The van der Waals surface area contributed by atoms with E-state index in [0.29, 0.717) is 35.7 Å². The van der Waals surface area contributed by atoms with Gasteiger partial charge < -0.3 is 15.0 Å². The lowest BCUT2D eigenvalue weighted by Crippen LogP contribution is -2.18. The summed E-state index contributed by atoms with van der Waals surface area (Å²) in [5.74, 6) is 0.294. The van der Waals surface area contributed by atoms with Crippen LogP contribution in [0, 0.1) is 18.3 Å². The van der Waals surface area contributed by atoms with Crippen molar-refractivity contribution in [1.82, 2.24) is 24.4 Å². The quantitative estimate of drug-likeness (QED) is 0.453. The number of pyridine rings is 1. The minimum Gasteiger partial charge on any atom is -0.458 e. The molecule has 0 spiro atoms. The number of nitriles is 1. The Balaban J connectivity index is 1.39. The van der Waals surface area contributed by atoms with E-state index < -0.39 is 0 Å². The van der Waals surface area contributed by atoms with Crippen LogP contribution in [0.3, 0.4) is 0 Å². The SMILES string of the molecule is Cc1cc(COc2nc(N)c3cc(C#N)n(Cc4ccc(CN5CCCC5)cc4)c3n2)ccn1. The monoisotopic (exact) mass is 453 g/mol. The van der Waals surface area contributed by atoms with Crippen LogP contribution in [-0.2, 0) is 19.7 Å². The van der Waals surface area contributed by atoms with E-state index in [1.54, 1.807) is 12.3 Å². The number of benzene rings is 1. The number of likely N-dealkylation sites (tertiary alicyclic amines) is 1. The second kappa shape index (κ2) is 9.49. The second-order valence-electron chi connectivity index (χ2n) is 8.75. The van der Waals surface area contributed by atoms with Crippen LogP contribution in [-0.4, -0.2) is 37.5 Å². The van der Waals surface area contributed by atoms with Gasteiger partial charge in [0.1, 0.15) is 24.2 Å². The third-order valence-corrected chi connectivity index (χ3v) is 6.17. The predicted molar refractivity (Wildman–Crippen MR) is 130 cm³/mol. The predicted octanol–water partition coefficient (Wildman–Crippen LogP) is 3.81. The third kappa shape index (κ3) is 4.70. The molecule has 0 saturated carbocycles. The first-order chi connectivity index (χ1) is 16.6. The van der Waals surface area contributed by atoms with Crippen molar-refractivity contribution >= 4 is 16.9 Å². The molecule has 1 aliphatic heterocycles. The molecule has 4 aromatic rings. The van der Waals surface area contributed by atoms with Crippen molar-refractivity contribution in [1.29, 1.82) is 5.26 Å². The largest absolute Gasteiger partial charge is 0.458 e. The van der Waals surface area contributed by atoms with Crippen molar-refractivity contribution in [3.8, 4) is 12.1 Å². The molecule has 0 unspecified atom stereocenters. The Labute approximate surface area is 198 Å². The number of hydrogen-bond acceptors (Lipinski definition) is 7. The van der Waals surface area contributed by atoms with Crippen LogP contribution >= 0.6 is 0 Å². The van der Waals surface area contributed by atoms with Crippen LogP contribution in [0.4, 0.5) is 5.82 Å². The molecule has 0 atom stereocenters. The highest BCUT2D eigenvalue weighted by molar-refractivity contribution is 5.88. The maximum atomic E-state index is 9.74. The van der Waals surface area contributed by atoms with E-state index in [1.165, 1.54) is 31.5 Å². The van der Waals surface area contributed by atoms with Crippen molar-refractivity contribution < 1.29 is 4.74 Å². The summed E-state index contributed by atoms with van der Waals surface area (Å²) >= 11 is 0. The zero-order valence-electron chi connectivity index (χ0n) is 19.2. The van der Waals surface area contributed by atoms with Gasteiger partial charge in [0.05, 0.1) is 11.9 Å². The number of nitrogens with zero attached hydrogens (tertiary/aromatic N) is 6. The fraction of sp³-hybridized carbons (Fsp3) is 0.308. The Bertz CT molecular complexity index is 1350. The molecule has 0 radical (unpaired) electrons. The van der Waals surface area contributed by atoms with Gasteiger partial charge in [-0.3, -0.25) is 9.88 Å². The number of fused-ring (bicyclic) bond motifs is 1. The van der Waals surface area contributed by atoms with Gasteiger partial charge in [0, 0.05) is 18.4 Å². The van der Waals surface area contributed by atoms with Gasteiger partial charge in [-0.15, -0.1) is 0 Å². The Morgan fingerprint density at radius 1 is 1.00 bits per heavy atom. The molecule has 8 heteroatoms. The normalized spacial score (nSPS) is 13.9. The molecule has 1 aliphatic rings. The standard InChI is InChI=1S/C26H27N7O/c1-18-12-21(8-9-29-18)17-34-26-30-24(28)23-13-22(14-27)33(25(23)31-26)16-20-6-4-19(5-7-20)15-32-10-2-3-11-32/h4-9,12-13H,2-3,10-11,15-17H2,1H3,(H2,28,30,31). The summed E-state index contributed by atoms with van der Waals surface area (Å²) in [6, 6.07) is 16.6. The van der Waals surface area contributed by atoms with Crippen molar-refractivity contribution in [2.45, 2.75) is 39.5 Å². The van der Waals surface area contributed by atoms with E-state index in [9.17, 15) is 5.26 Å². The van der Waals surface area contributed by atoms with Crippen molar-refractivity contribution in [3.05, 3.63) is 76.7 Å². The molecule has 3 aromatic heterocycles. The molecule has 1 saturated heterocycles. The first-order valence-corrected chi connectivity index (χ1v) is 11.5. The van der Waals surface area contributed by atoms with Gasteiger partial charge in [0.2, 0.25) is 0 Å². The fourth-order valence-electron chi connectivity index (χ4n) is 4.42. The van der Waals surface area contributed by atoms with Gasteiger partial charge >= 0.3 is 6.01 Å². The molecular weight excluding hydrogens is 426 g/mol. The van der Waals surface area contributed by atoms with Gasteiger partial charge in [-0.2, -0.15) is 15.2 Å². The molecule has 4 heterocycles. The van der Waals surface area contributed by atoms with Crippen molar-refractivity contribution in [2.75, 3.05) is 18.8 Å². The molecule has 172 valence electrons. The summed E-state index contributed by atoms with van der Waals surface area (Å²) in [7, 11) is 0. The molecule has 2 N–H and O–H groups in total. The molecule has 5 rings (SSSR count). The van der Waals surface area contributed by atoms with Crippen LogP contribution < -0.4 is 10.5 Å². The molecule has 0 amide bonds. The molecule has 1 aromatic carbocycles. The Morgan fingerprint density at radius 3 is 2.44 bits per heavy atom. The minimum atomic E-state index is 0.185. The van der Waals surface area contributed by atoms with E-state index in [-0.39, 0.29) is 6.01 Å². The Kier molecular flexibility index (Phi) is 6.11. The molecule has 34 heavy (non-hydrogen) atoms. The van der Waals surface area contributed by atoms with E-state index in [2.05, 4.69) is 50.2 Å². The highest BCUT2D eigenvalue weighted by atomic mass is 16.5. The zero-order valence-corrected chi connectivity index (χ0v) is 19.2. The average Bonchev–Trinajstić information content (AvgIpc) is 3.47. The summed E-state index contributed by atoms with van der Waals surface area (Å²) in [5, 5.41) is 10.4. The lowest BCUT2D eigenvalue weighted by atomic mass is 10.1. The van der Waals surface area contributed by atoms with E-state index in [4.69, 9.17) is 10.5 Å². The van der Waals surface area contributed by atoms with Gasteiger partial charge in [-0.25, -0.2) is 0 Å². The van der Waals surface area contributed by atoms with Gasteiger partial charge in [0.15, 0.2) is 5.65 Å². The molecule has 0 aliphatic carbocycles. The lowest BCUT2D eigenvalue weighted by Gasteiger charge is -2.15. The highest BCUT2D eigenvalue weighted by Crippen LogP contribution is 2.26. The molecular formula is C26H27N7O. The average molecular weight is 454 g/mol. The second-order valence-corrected chi connectivity index (χ2v) is 8.75. The zero-order chi connectivity index (χ0) is 23.5. The number of hydrogen-bond donors (Lipinski definition) is 1. The number of nitrogens with two attached hydrogens (primary N) is 1. The van der Waals surface area contributed by atoms with Crippen LogP contribution in [0.2, 0.25) is 0 Å². The Morgan fingerprint density at radius 2 is 1.74 bits per heavy atom. The summed E-state index contributed by atoms with van der Waals surface area (Å²) < 4.78 is 7.70. The number of aryl methyl sites for hydroxylation is 1. The van der Waals surface area contributed by atoms with Crippen LogP contribution in [0.1, 0.15) is 40.9 Å². The summed E-state index contributed by atoms with van der Waals surface area (Å²) in [4.78, 5) is 15.6. The number of aromatic nitrogens is 4. The molecule has 8 nitrogen and oxygen atoms in total. The molecule has 0 bridgehead atoms. The van der Waals surface area contributed by atoms with Crippen molar-refractivity contribution in [3.63, 3.8) is 0 Å². The lowest BCUT2D eigenvalue weighted by molar-refractivity contribution is 0.282. The van der Waals surface area contributed by atoms with Gasteiger partial charge in [0.25, 0.3) is 0 Å². The van der Waals surface area contributed by atoms with Gasteiger partial charge in [-0.05, 0) is 67.7 Å². The van der Waals surface area contributed by atoms with Crippen LogP contribution in [0.25, 0.3) is 11.0 Å². The molecule has 1 fully saturated rings. The number of ether oxygens (including phenoxy) is 1. The minimum absolute atomic E-state index is 0.185. The summed E-state index contributed by atoms with van der Waals surface area (Å²) in [5.41, 5.74) is 11.6. The van der Waals surface area contributed by atoms with Crippen molar-refractivity contribution in [2.24, 2.45) is 0 Å². The smallest absolute Gasteiger partial charge is 0.320 e. The number of nitrogen functional groups attached to an aromatic ring is 1.